The van der Waals surface area contributed by atoms with Gasteiger partial charge in [0.15, 0.2) is 0 Å². The molecule has 0 radical (unpaired) electrons. The zero-order valence-electron chi connectivity index (χ0n) is 15.7. The van der Waals surface area contributed by atoms with Gasteiger partial charge < -0.3 is 5.32 Å². The maximum absolute atomic E-state index is 12.4. The first-order chi connectivity index (χ1) is 13.2. The average Bonchev–Trinajstić information content (AvgIpc) is 3.09. The zero-order valence-corrected chi connectivity index (χ0v) is 16.5. The highest BCUT2D eigenvalue weighted by Gasteiger charge is 2.50. The van der Waals surface area contributed by atoms with Gasteiger partial charge >= 0.3 is 0 Å². The van der Waals surface area contributed by atoms with Gasteiger partial charge in [-0.15, -0.1) is 11.3 Å². The molecule has 142 valence electrons. The minimum Gasteiger partial charge on any atom is -0.356 e. The van der Waals surface area contributed by atoms with Crippen LogP contribution in [0.15, 0.2) is 29.9 Å². The molecule has 4 aliphatic carbocycles. The summed E-state index contributed by atoms with van der Waals surface area (Å²) in [4.78, 5) is 21.1. The highest BCUT2D eigenvalue weighted by atomic mass is 32.1. The van der Waals surface area contributed by atoms with Gasteiger partial charge in [0.25, 0.3) is 0 Å². The number of nitrogens with zero attached hydrogens (tertiary/aromatic N) is 2. The van der Waals surface area contributed by atoms with E-state index in [9.17, 15) is 4.79 Å². The van der Waals surface area contributed by atoms with Gasteiger partial charge in [0.2, 0.25) is 5.91 Å². The molecule has 0 spiro atoms. The van der Waals surface area contributed by atoms with E-state index in [2.05, 4.69) is 15.3 Å². The Morgan fingerprint density at radius 1 is 1.19 bits per heavy atom. The molecule has 2 aromatic rings. The molecular formula is C22H27N3OS. The van der Waals surface area contributed by atoms with E-state index in [0.717, 1.165) is 40.6 Å². The van der Waals surface area contributed by atoms with Crippen molar-refractivity contribution in [2.45, 2.75) is 51.4 Å². The van der Waals surface area contributed by atoms with Gasteiger partial charge in [0.05, 0.1) is 12.1 Å². The number of amides is 1. The van der Waals surface area contributed by atoms with Gasteiger partial charge in [0.1, 0.15) is 5.01 Å². The maximum atomic E-state index is 12.4. The lowest BCUT2D eigenvalue weighted by Gasteiger charge is -2.57. The van der Waals surface area contributed by atoms with Gasteiger partial charge in [0, 0.05) is 29.9 Å². The molecule has 0 aromatic carbocycles. The van der Waals surface area contributed by atoms with Crippen LogP contribution in [0.3, 0.4) is 0 Å². The molecule has 1 amide bonds. The largest absolute Gasteiger partial charge is 0.356 e. The van der Waals surface area contributed by atoms with E-state index >= 15 is 0 Å². The van der Waals surface area contributed by atoms with Crippen LogP contribution in [0.2, 0.25) is 0 Å². The molecule has 0 aliphatic heterocycles. The Bertz CT molecular complexity index is 781. The highest BCUT2D eigenvalue weighted by molar-refractivity contribution is 7.13. The second kappa shape index (κ2) is 7.01. The van der Waals surface area contributed by atoms with E-state index in [1.54, 1.807) is 17.5 Å². The van der Waals surface area contributed by atoms with Gasteiger partial charge in [-0.2, -0.15) is 0 Å². The van der Waals surface area contributed by atoms with E-state index in [4.69, 9.17) is 0 Å². The predicted octanol–water partition coefficient (Wildman–Crippen LogP) is 4.47. The summed E-state index contributed by atoms with van der Waals surface area (Å²) in [5.74, 6) is 3.04. The molecule has 6 rings (SSSR count). The van der Waals surface area contributed by atoms with Crippen molar-refractivity contribution < 1.29 is 4.79 Å². The molecule has 1 N–H and O–H groups in total. The minimum absolute atomic E-state index is 0.0998. The van der Waals surface area contributed by atoms with Crippen LogP contribution in [0.5, 0.6) is 0 Å². The van der Waals surface area contributed by atoms with Crippen LogP contribution in [0.25, 0.3) is 10.6 Å². The number of hydrogen-bond acceptors (Lipinski definition) is 4. The Morgan fingerprint density at radius 3 is 2.59 bits per heavy atom. The second-order valence-electron chi connectivity index (χ2n) is 9.08. The van der Waals surface area contributed by atoms with E-state index in [1.807, 2.05) is 23.7 Å². The molecule has 0 unspecified atom stereocenters. The summed E-state index contributed by atoms with van der Waals surface area (Å²) in [6, 6.07) is 3.91. The highest BCUT2D eigenvalue weighted by Crippen LogP contribution is 2.61. The number of carbonyl (C=O) groups excluding carboxylic acids is 1. The van der Waals surface area contributed by atoms with Crippen LogP contribution in [-0.4, -0.2) is 22.4 Å². The Morgan fingerprint density at radius 2 is 1.93 bits per heavy atom. The zero-order chi connectivity index (χ0) is 18.3. The summed E-state index contributed by atoms with van der Waals surface area (Å²) in [6.07, 6.45) is 13.8. The smallest absolute Gasteiger partial charge is 0.226 e. The van der Waals surface area contributed by atoms with E-state index in [0.29, 0.717) is 11.8 Å². The maximum Gasteiger partial charge on any atom is 0.226 e. The Labute approximate surface area is 164 Å². The minimum atomic E-state index is 0.0998. The van der Waals surface area contributed by atoms with Crippen molar-refractivity contribution in [3.63, 3.8) is 0 Å². The van der Waals surface area contributed by atoms with Crippen molar-refractivity contribution in [1.29, 1.82) is 0 Å². The van der Waals surface area contributed by atoms with E-state index in [1.165, 1.54) is 44.9 Å². The second-order valence-corrected chi connectivity index (χ2v) is 9.94. The van der Waals surface area contributed by atoms with Crippen LogP contribution >= 0.6 is 11.3 Å². The Hall–Kier alpha value is -1.75. The molecule has 5 heteroatoms. The van der Waals surface area contributed by atoms with Gasteiger partial charge in [-0.1, -0.05) is 0 Å². The van der Waals surface area contributed by atoms with E-state index < -0.39 is 0 Å². The number of nitrogens with one attached hydrogen (secondary N) is 1. The average molecular weight is 382 g/mol. The first kappa shape index (κ1) is 17.4. The number of hydrogen-bond donors (Lipinski definition) is 1. The Kier molecular flexibility index (Phi) is 4.50. The number of aromatic nitrogens is 2. The summed E-state index contributed by atoms with van der Waals surface area (Å²) in [6.45, 7) is 0.824. The summed E-state index contributed by atoms with van der Waals surface area (Å²) in [5, 5.41) is 6.09. The molecule has 4 bridgehead atoms. The molecule has 4 aliphatic rings. The van der Waals surface area contributed by atoms with Gasteiger partial charge in [-0.05, 0) is 80.2 Å². The first-order valence-corrected chi connectivity index (χ1v) is 11.2. The lowest BCUT2D eigenvalue weighted by Crippen LogP contribution is -2.47. The summed E-state index contributed by atoms with van der Waals surface area (Å²) >= 11 is 1.58. The summed E-state index contributed by atoms with van der Waals surface area (Å²) in [7, 11) is 0. The topological polar surface area (TPSA) is 54.9 Å². The van der Waals surface area contributed by atoms with Crippen molar-refractivity contribution in [2.75, 3.05) is 6.54 Å². The van der Waals surface area contributed by atoms with Crippen molar-refractivity contribution >= 4 is 17.2 Å². The predicted molar refractivity (Wildman–Crippen MR) is 107 cm³/mol. The number of rotatable bonds is 6. The molecule has 0 atom stereocenters. The molecule has 2 heterocycles. The van der Waals surface area contributed by atoms with Crippen LogP contribution in [0, 0.1) is 23.2 Å². The molecule has 4 nitrogen and oxygen atoms in total. The van der Waals surface area contributed by atoms with Crippen LogP contribution in [-0.2, 0) is 11.2 Å². The molecule has 2 aromatic heterocycles. The fourth-order valence-electron chi connectivity index (χ4n) is 6.30. The fourth-order valence-corrected chi connectivity index (χ4v) is 7.11. The lowest BCUT2D eigenvalue weighted by molar-refractivity contribution is -0.120. The fraction of sp³-hybridized carbons (Fsp3) is 0.591. The van der Waals surface area contributed by atoms with Crippen molar-refractivity contribution in [1.82, 2.24) is 15.3 Å². The standard InChI is InChI=1S/C22H27N3OS/c26-20(9-19-14-27-21(25-19)18-2-1-4-23-13-18)24-5-3-22-10-15-6-16(11-22)8-17(7-15)12-22/h1-2,4,13-17H,3,5-12H2,(H,24,26). The van der Waals surface area contributed by atoms with E-state index in [-0.39, 0.29) is 5.91 Å². The van der Waals surface area contributed by atoms with Crippen LogP contribution in [0.4, 0.5) is 0 Å². The molecular weight excluding hydrogens is 354 g/mol. The van der Waals surface area contributed by atoms with Crippen molar-refractivity contribution in [3.05, 3.63) is 35.6 Å². The third-order valence-electron chi connectivity index (χ3n) is 6.94. The number of pyridine rings is 1. The number of carbonyl (C=O) groups is 1. The van der Waals surface area contributed by atoms with Gasteiger partial charge in [-0.25, -0.2) is 4.98 Å². The first-order valence-electron chi connectivity index (χ1n) is 10.3. The quantitative estimate of drug-likeness (QED) is 0.803. The number of thiazole rings is 1. The third kappa shape index (κ3) is 3.66. The molecule has 27 heavy (non-hydrogen) atoms. The monoisotopic (exact) mass is 381 g/mol. The van der Waals surface area contributed by atoms with Gasteiger partial charge in [-0.3, -0.25) is 9.78 Å². The normalized spacial score (nSPS) is 31.2. The van der Waals surface area contributed by atoms with Crippen LogP contribution < -0.4 is 5.32 Å². The van der Waals surface area contributed by atoms with Crippen molar-refractivity contribution in [3.8, 4) is 10.6 Å². The SMILES string of the molecule is O=C(Cc1csc(-c2cccnc2)n1)NCCC12CC3CC(CC(C3)C1)C2. The third-order valence-corrected chi connectivity index (χ3v) is 7.88. The molecule has 0 saturated heterocycles. The summed E-state index contributed by atoms with van der Waals surface area (Å²) < 4.78 is 0. The lowest BCUT2D eigenvalue weighted by atomic mass is 9.49. The Balaban J connectivity index is 1.13. The summed E-state index contributed by atoms with van der Waals surface area (Å²) in [5.41, 5.74) is 2.40. The van der Waals surface area contributed by atoms with Crippen molar-refractivity contribution in [2.24, 2.45) is 23.2 Å². The molecule has 4 fully saturated rings. The van der Waals surface area contributed by atoms with Crippen LogP contribution in [0.1, 0.15) is 50.6 Å². The molecule has 4 saturated carbocycles.